The molecule has 0 saturated heterocycles. The molecule has 24 heavy (non-hydrogen) atoms. The first-order chi connectivity index (χ1) is 11.4. The molecule has 0 atom stereocenters. The van der Waals surface area contributed by atoms with Crippen molar-refractivity contribution in [3.05, 3.63) is 53.6 Å². The van der Waals surface area contributed by atoms with Crippen molar-refractivity contribution >= 4 is 5.97 Å². The van der Waals surface area contributed by atoms with Gasteiger partial charge in [0.05, 0.1) is 12.7 Å². The van der Waals surface area contributed by atoms with Crippen LogP contribution in [0.15, 0.2) is 42.5 Å². The number of methoxy groups -OCH3 is 1. The largest absolute Gasteiger partial charge is 0.497 e. The lowest BCUT2D eigenvalue weighted by atomic mass is 9.97. The molecule has 3 nitrogen and oxygen atoms in total. The summed E-state index contributed by atoms with van der Waals surface area (Å²) in [5, 5.41) is 0. The van der Waals surface area contributed by atoms with E-state index in [9.17, 15) is 4.79 Å². The summed E-state index contributed by atoms with van der Waals surface area (Å²) in [5.74, 6) is 1.13. The average molecular weight is 324 g/mol. The van der Waals surface area contributed by atoms with Gasteiger partial charge in [0.2, 0.25) is 0 Å². The molecule has 0 spiro atoms. The SMILES string of the molecule is COc1ccc(C(=O)OC(C)(C)C)c(-c2ccc(C3CC3)cc2)c1. The van der Waals surface area contributed by atoms with E-state index in [1.807, 2.05) is 26.8 Å². The van der Waals surface area contributed by atoms with E-state index in [1.165, 1.54) is 18.4 Å². The molecule has 1 aliphatic rings. The van der Waals surface area contributed by atoms with Crippen LogP contribution in [0.1, 0.15) is 55.5 Å². The summed E-state index contributed by atoms with van der Waals surface area (Å²) in [7, 11) is 1.63. The minimum absolute atomic E-state index is 0.313. The highest BCUT2D eigenvalue weighted by Crippen LogP contribution is 2.40. The molecule has 0 radical (unpaired) electrons. The second-order valence-corrected chi connectivity index (χ2v) is 7.31. The van der Waals surface area contributed by atoms with Crippen molar-refractivity contribution in [2.45, 2.75) is 45.1 Å². The van der Waals surface area contributed by atoms with Gasteiger partial charge in [-0.25, -0.2) is 4.79 Å². The fourth-order valence-corrected chi connectivity index (χ4v) is 2.75. The van der Waals surface area contributed by atoms with Crippen LogP contribution in [0, 0.1) is 0 Å². The first kappa shape index (κ1) is 16.6. The highest BCUT2D eigenvalue weighted by Gasteiger charge is 2.24. The molecule has 0 unspecified atom stereocenters. The van der Waals surface area contributed by atoms with Gasteiger partial charge >= 0.3 is 5.97 Å². The Bertz CT molecular complexity index is 735. The molecule has 0 aliphatic heterocycles. The lowest BCUT2D eigenvalue weighted by Crippen LogP contribution is -2.24. The van der Waals surface area contributed by atoms with Crippen LogP contribution in [0.2, 0.25) is 0 Å². The van der Waals surface area contributed by atoms with Crippen molar-refractivity contribution in [2.24, 2.45) is 0 Å². The molecular formula is C21H24O3. The summed E-state index contributed by atoms with van der Waals surface area (Å²) in [5.41, 5.74) is 3.25. The van der Waals surface area contributed by atoms with E-state index in [0.717, 1.165) is 22.8 Å². The Morgan fingerprint density at radius 1 is 1.04 bits per heavy atom. The van der Waals surface area contributed by atoms with Crippen molar-refractivity contribution in [3.63, 3.8) is 0 Å². The van der Waals surface area contributed by atoms with E-state index in [2.05, 4.69) is 24.3 Å². The second kappa shape index (κ2) is 6.31. The molecule has 126 valence electrons. The predicted molar refractivity (Wildman–Crippen MR) is 95.6 cm³/mol. The molecule has 2 aromatic carbocycles. The zero-order chi connectivity index (χ0) is 17.3. The normalized spacial score (nSPS) is 14.3. The molecule has 0 heterocycles. The second-order valence-electron chi connectivity index (χ2n) is 7.31. The van der Waals surface area contributed by atoms with Gasteiger partial charge in [-0.15, -0.1) is 0 Å². The Kier molecular flexibility index (Phi) is 4.35. The van der Waals surface area contributed by atoms with Crippen LogP contribution in [0.3, 0.4) is 0 Å². The molecule has 0 amide bonds. The van der Waals surface area contributed by atoms with Crippen LogP contribution in [0.5, 0.6) is 5.75 Å². The van der Waals surface area contributed by atoms with Gasteiger partial charge in [0.15, 0.2) is 0 Å². The van der Waals surface area contributed by atoms with E-state index in [0.29, 0.717) is 5.56 Å². The first-order valence-electron chi connectivity index (χ1n) is 8.39. The maximum Gasteiger partial charge on any atom is 0.339 e. The standard InChI is InChI=1S/C21H24O3/c1-21(2,3)24-20(22)18-12-11-17(23-4)13-19(18)16-9-7-15(8-10-16)14-5-6-14/h7-14H,5-6H2,1-4H3. The zero-order valence-corrected chi connectivity index (χ0v) is 14.8. The summed E-state index contributed by atoms with van der Waals surface area (Å²) in [4.78, 5) is 12.6. The smallest absolute Gasteiger partial charge is 0.339 e. The van der Waals surface area contributed by atoms with Gasteiger partial charge in [-0.3, -0.25) is 0 Å². The summed E-state index contributed by atoms with van der Waals surface area (Å²) in [6, 6.07) is 13.9. The van der Waals surface area contributed by atoms with Gasteiger partial charge in [0, 0.05) is 0 Å². The molecule has 3 heteroatoms. The highest BCUT2D eigenvalue weighted by molar-refractivity contribution is 5.98. The molecule has 3 rings (SSSR count). The number of ether oxygens (including phenoxy) is 2. The van der Waals surface area contributed by atoms with E-state index < -0.39 is 5.60 Å². The van der Waals surface area contributed by atoms with Crippen LogP contribution in [0.25, 0.3) is 11.1 Å². The minimum Gasteiger partial charge on any atom is -0.497 e. The Labute approximate surface area is 143 Å². The lowest BCUT2D eigenvalue weighted by Gasteiger charge is -2.21. The number of carbonyl (C=O) groups is 1. The fraction of sp³-hybridized carbons (Fsp3) is 0.381. The quantitative estimate of drug-likeness (QED) is 0.726. The molecule has 0 bridgehead atoms. The Balaban J connectivity index is 1.98. The molecule has 2 aromatic rings. The monoisotopic (exact) mass is 324 g/mol. The Morgan fingerprint density at radius 2 is 1.71 bits per heavy atom. The van der Waals surface area contributed by atoms with Crippen molar-refractivity contribution < 1.29 is 14.3 Å². The van der Waals surface area contributed by atoms with Crippen LogP contribution < -0.4 is 4.74 Å². The van der Waals surface area contributed by atoms with Gasteiger partial charge in [0.25, 0.3) is 0 Å². The molecule has 1 aliphatic carbocycles. The summed E-state index contributed by atoms with van der Waals surface area (Å²) < 4.78 is 10.9. The molecule has 1 saturated carbocycles. The maximum atomic E-state index is 12.6. The molecule has 1 fully saturated rings. The van der Waals surface area contributed by atoms with Gasteiger partial charge < -0.3 is 9.47 Å². The summed E-state index contributed by atoms with van der Waals surface area (Å²) in [6.07, 6.45) is 2.56. The predicted octanol–water partition coefficient (Wildman–Crippen LogP) is 5.19. The van der Waals surface area contributed by atoms with E-state index in [4.69, 9.17) is 9.47 Å². The molecular weight excluding hydrogens is 300 g/mol. The van der Waals surface area contributed by atoms with Crippen molar-refractivity contribution in [1.29, 1.82) is 0 Å². The minimum atomic E-state index is -0.524. The zero-order valence-electron chi connectivity index (χ0n) is 14.8. The third-order valence-corrected chi connectivity index (χ3v) is 4.12. The van der Waals surface area contributed by atoms with Crippen LogP contribution in [-0.4, -0.2) is 18.7 Å². The topological polar surface area (TPSA) is 35.5 Å². The van der Waals surface area contributed by atoms with E-state index in [-0.39, 0.29) is 5.97 Å². The Morgan fingerprint density at radius 3 is 2.25 bits per heavy atom. The number of hydrogen-bond donors (Lipinski definition) is 0. The molecule has 0 N–H and O–H groups in total. The van der Waals surface area contributed by atoms with Gasteiger partial charge in [-0.1, -0.05) is 24.3 Å². The number of esters is 1. The Hall–Kier alpha value is -2.29. The maximum absolute atomic E-state index is 12.6. The van der Waals surface area contributed by atoms with Crippen LogP contribution in [0.4, 0.5) is 0 Å². The number of hydrogen-bond acceptors (Lipinski definition) is 3. The third kappa shape index (κ3) is 3.78. The summed E-state index contributed by atoms with van der Waals surface area (Å²) >= 11 is 0. The first-order valence-corrected chi connectivity index (χ1v) is 8.39. The fourth-order valence-electron chi connectivity index (χ4n) is 2.75. The molecule has 0 aromatic heterocycles. The van der Waals surface area contributed by atoms with Gasteiger partial charge in [-0.2, -0.15) is 0 Å². The van der Waals surface area contributed by atoms with E-state index >= 15 is 0 Å². The van der Waals surface area contributed by atoms with Crippen molar-refractivity contribution in [3.8, 4) is 16.9 Å². The average Bonchev–Trinajstić information content (AvgIpc) is 3.38. The van der Waals surface area contributed by atoms with E-state index in [1.54, 1.807) is 19.2 Å². The van der Waals surface area contributed by atoms with Crippen molar-refractivity contribution in [1.82, 2.24) is 0 Å². The van der Waals surface area contributed by atoms with Crippen LogP contribution >= 0.6 is 0 Å². The van der Waals surface area contributed by atoms with Gasteiger partial charge in [-0.05, 0) is 74.4 Å². The number of rotatable bonds is 4. The highest BCUT2D eigenvalue weighted by atomic mass is 16.6. The van der Waals surface area contributed by atoms with Gasteiger partial charge in [0.1, 0.15) is 11.4 Å². The lowest BCUT2D eigenvalue weighted by molar-refractivity contribution is 0.00704. The third-order valence-electron chi connectivity index (χ3n) is 4.12. The summed E-state index contributed by atoms with van der Waals surface area (Å²) in [6.45, 7) is 5.62. The number of carbonyl (C=O) groups excluding carboxylic acids is 1. The number of benzene rings is 2. The van der Waals surface area contributed by atoms with Crippen LogP contribution in [-0.2, 0) is 4.74 Å². The van der Waals surface area contributed by atoms with Crippen molar-refractivity contribution in [2.75, 3.05) is 7.11 Å².